The molecule has 2 aromatic carbocycles. The van der Waals surface area contributed by atoms with E-state index in [1.54, 1.807) is 25.1 Å². The molecule has 0 bridgehead atoms. The Balaban J connectivity index is 2.03. The highest BCUT2D eigenvalue weighted by atomic mass is 19.3. The van der Waals surface area contributed by atoms with Gasteiger partial charge in [0.1, 0.15) is 6.54 Å². The molecule has 1 amide bonds. The van der Waals surface area contributed by atoms with E-state index in [1.165, 1.54) is 25.3 Å². The quantitative estimate of drug-likeness (QED) is 0.880. The van der Waals surface area contributed by atoms with Gasteiger partial charge < -0.3 is 10.1 Å². The Kier molecular flexibility index (Phi) is 3.83. The minimum Gasteiger partial charge on any atom is -0.468 e. The van der Waals surface area contributed by atoms with Crippen LogP contribution in [0.2, 0.25) is 0 Å². The van der Waals surface area contributed by atoms with E-state index < -0.39 is 17.8 Å². The molecule has 0 unspecified atom stereocenters. The summed E-state index contributed by atoms with van der Waals surface area (Å²) in [7, 11) is 1.22. The molecule has 124 valence electrons. The SMILES string of the molecule is COC(=O)CNC(=O)c1cc(C)c2c(c1)-c1ccccc1C2(F)F. The van der Waals surface area contributed by atoms with Gasteiger partial charge in [0.25, 0.3) is 11.8 Å². The monoisotopic (exact) mass is 331 g/mol. The van der Waals surface area contributed by atoms with Gasteiger partial charge >= 0.3 is 5.97 Å². The summed E-state index contributed by atoms with van der Waals surface area (Å²) in [5, 5.41) is 2.41. The molecule has 1 aliphatic carbocycles. The average molecular weight is 331 g/mol. The van der Waals surface area contributed by atoms with Crippen molar-refractivity contribution in [2.45, 2.75) is 12.8 Å². The maximum Gasteiger partial charge on any atom is 0.325 e. The second kappa shape index (κ2) is 5.70. The molecule has 1 aliphatic rings. The van der Waals surface area contributed by atoms with E-state index >= 15 is 0 Å². The number of alkyl halides is 2. The third-order valence-corrected chi connectivity index (χ3v) is 4.09. The summed E-state index contributed by atoms with van der Waals surface area (Å²) >= 11 is 0. The molecule has 0 fully saturated rings. The minimum atomic E-state index is -3.09. The van der Waals surface area contributed by atoms with E-state index in [4.69, 9.17) is 0 Å². The lowest BCUT2D eigenvalue weighted by atomic mass is 9.97. The lowest BCUT2D eigenvalue weighted by Gasteiger charge is -2.15. The van der Waals surface area contributed by atoms with Crippen LogP contribution in [0.5, 0.6) is 0 Å². The topological polar surface area (TPSA) is 55.4 Å². The summed E-state index contributed by atoms with van der Waals surface area (Å²) in [5.41, 5.74) is 1.19. The number of hydrogen-bond acceptors (Lipinski definition) is 3. The highest BCUT2D eigenvalue weighted by Crippen LogP contribution is 2.52. The zero-order valence-corrected chi connectivity index (χ0v) is 13.2. The number of carbonyl (C=O) groups excluding carboxylic acids is 2. The number of nitrogens with one attached hydrogen (secondary N) is 1. The van der Waals surface area contributed by atoms with Crippen molar-refractivity contribution in [3.05, 3.63) is 58.7 Å². The Bertz CT molecular complexity index is 846. The molecule has 24 heavy (non-hydrogen) atoms. The van der Waals surface area contributed by atoms with E-state index in [0.717, 1.165) is 0 Å². The molecule has 0 spiro atoms. The van der Waals surface area contributed by atoms with Gasteiger partial charge in [-0.05, 0) is 35.7 Å². The van der Waals surface area contributed by atoms with Crippen LogP contribution in [0, 0.1) is 6.92 Å². The van der Waals surface area contributed by atoms with Crippen LogP contribution in [0.3, 0.4) is 0 Å². The normalized spacial score (nSPS) is 13.8. The second-order valence-corrected chi connectivity index (χ2v) is 5.59. The zero-order valence-electron chi connectivity index (χ0n) is 13.2. The molecule has 0 atom stereocenters. The minimum absolute atomic E-state index is 0.0600. The summed E-state index contributed by atoms with van der Waals surface area (Å²) in [5.74, 6) is -4.19. The van der Waals surface area contributed by atoms with Crippen molar-refractivity contribution in [1.29, 1.82) is 0 Å². The number of benzene rings is 2. The van der Waals surface area contributed by atoms with Gasteiger partial charge in [0.2, 0.25) is 0 Å². The zero-order chi connectivity index (χ0) is 17.5. The van der Waals surface area contributed by atoms with E-state index in [1.807, 2.05) is 0 Å². The van der Waals surface area contributed by atoms with Crippen LogP contribution in [-0.4, -0.2) is 25.5 Å². The molecule has 0 saturated carbocycles. The number of aryl methyl sites for hydroxylation is 1. The molecule has 0 heterocycles. The van der Waals surface area contributed by atoms with Gasteiger partial charge in [0, 0.05) is 16.7 Å². The van der Waals surface area contributed by atoms with Gasteiger partial charge in [-0.1, -0.05) is 24.3 Å². The van der Waals surface area contributed by atoms with Gasteiger partial charge in [-0.25, -0.2) is 0 Å². The third-order valence-electron chi connectivity index (χ3n) is 4.09. The Morgan fingerprint density at radius 2 is 1.88 bits per heavy atom. The summed E-state index contributed by atoms with van der Waals surface area (Å²) in [4.78, 5) is 23.3. The molecule has 0 aromatic heterocycles. The maximum atomic E-state index is 14.7. The molecule has 2 aromatic rings. The lowest BCUT2D eigenvalue weighted by Crippen LogP contribution is -2.30. The highest BCUT2D eigenvalue weighted by molar-refractivity contribution is 5.98. The Morgan fingerprint density at radius 3 is 2.58 bits per heavy atom. The number of amides is 1. The number of methoxy groups -OCH3 is 1. The fourth-order valence-electron chi connectivity index (χ4n) is 3.00. The number of rotatable bonds is 3. The molecule has 0 aliphatic heterocycles. The van der Waals surface area contributed by atoms with Crippen LogP contribution in [0.25, 0.3) is 11.1 Å². The summed E-state index contributed by atoms with van der Waals surface area (Å²) in [6, 6.07) is 9.11. The largest absolute Gasteiger partial charge is 0.468 e. The van der Waals surface area contributed by atoms with Gasteiger partial charge in [-0.2, -0.15) is 8.78 Å². The van der Waals surface area contributed by atoms with Crippen LogP contribution < -0.4 is 5.32 Å². The van der Waals surface area contributed by atoms with E-state index in [9.17, 15) is 18.4 Å². The lowest BCUT2D eigenvalue weighted by molar-refractivity contribution is -0.139. The fraction of sp³-hybridized carbons (Fsp3) is 0.222. The predicted molar refractivity (Wildman–Crippen MR) is 84.0 cm³/mol. The van der Waals surface area contributed by atoms with E-state index in [-0.39, 0.29) is 23.2 Å². The number of esters is 1. The number of halogens is 2. The first-order chi connectivity index (χ1) is 11.4. The number of hydrogen-bond donors (Lipinski definition) is 1. The molecular formula is C18H15F2NO3. The second-order valence-electron chi connectivity index (χ2n) is 5.59. The average Bonchev–Trinajstić information content (AvgIpc) is 2.81. The standard InChI is InChI=1S/C18H15F2NO3/c1-10-7-11(17(23)21-9-15(22)24-2)8-13-12-5-3-4-6-14(12)18(19,20)16(10)13/h3-8H,9H2,1-2H3,(H,21,23). The Labute approximate surface area is 137 Å². The molecule has 4 nitrogen and oxygen atoms in total. The number of carbonyl (C=O) groups is 2. The van der Waals surface area contributed by atoms with Crippen molar-refractivity contribution in [2.75, 3.05) is 13.7 Å². The van der Waals surface area contributed by atoms with Crippen molar-refractivity contribution >= 4 is 11.9 Å². The van der Waals surface area contributed by atoms with Crippen LogP contribution in [-0.2, 0) is 15.5 Å². The van der Waals surface area contributed by atoms with Crippen LogP contribution in [0.15, 0.2) is 36.4 Å². The number of fused-ring (bicyclic) bond motifs is 3. The van der Waals surface area contributed by atoms with Crippen molar-refractivity contribution in [2.24, 2.45) is 0 Å². The first-order valence-corrected chi connectivity index (χ1v) is 7.34. The summed E-state index contributed by atoms with van der Waals surface area (Å²) in [6.45, 7) is 1.27. The van der Waals surface area contributed by atoms with Crippen molar-refractivity contribution < 1.29 is 23.1 Å². The maximum absolute atomic E-state index is 14.7. The van der Waals surface area contributed by atoms with Gasteiger partial charge in [0.15, 0.2) is 0 Å². The van der Waals surface area contributed by atoms with Crippen molar-refractivity contribution in [1.82, 2.24) is 5.32 Å². The summed E-state index contributed by atoms with van der Waals surface area (Å²) < 4.78 is 33.8. The van der Waals surface area contributed by atoms with E-state index in [0.29, 0.717) is 16.7 Å². The van der Waals surface area contributed by atoms with Crippen LogP contribution >= 0.6 is 0 Å². The molecule has 1 N–H and O–H groups in total. The van der Waals surface area contributed by atoms with Crippen molar-refractivity contribution in [3.8, 4) is 11.1 Å². The summed E-state index contributed by atoms with van der Waals surface area (Å²) in [6.07, 6.45) is 0. The first kappa shape index (κ1) is 16.1. The molecule has 6 heteroatoms. The molecule has 0 saturated heterocycles. The fourth-order valence-corrected chi connectivity index (χ4v) is 3.00. The third kappa shape index (κ3) is 2.44. The first-order valence-electron chi connectivity index (χ1n) is 7.34. The van der Waals surface area contributed by atoms with Gasteiger partial charge in [0.05, 0.1) is 7.11 Å². The molecule has 3 rings (SSSR count). The number of ether oxygens (including phenoxy) is 1. The van der Waals surface area contributed by atoms with Gasteiger partial charge in [-0.3, -0.25) is 9.59 Å². The van der Waals surface area contributed by atoms with Crippen LogP contribution in [0.1, 0.15) is 27.0 Å². The van der Waals surface area contributed by atoms with E-state index in [2.05, 4.69) is 10.1 Å². The van der Waals surface area contributed by atoms with Crippen molar-refractivity contribution in [3.63, 3.8) is 0 Å². The van der Waals surface area contributed by atoms with Crippen LogP contribution in [0.4, 0.5) is 8.78 Å². The van der Waals surface area contributed by atoms with Gasteiger partial charge in [-0.15, -0.1) is 0 Å². The molecular weight excluding hydrogens is 316 g/mol. The Morgan fingerprint density at radius 1 is 1.17 bits per heavy atom. The Hall–Kier alpha value is -2.76. The molecule has 0 radical (unpaired) electrons. The smallest absolute Gasteiger partial charge is 0.325 e. The highest BCUT2D eigenvalue weighted by Gasteiger charge is 2.45. The predicted octanol–water partition coefficient (Wildman–Crippen LogP) is 3.02.